The minimum Gasteiger partial charge on any atom is -0.394 e. The van der Waals surface area contributed by atoms with Gasteiger partial charge in [0.15, 0.2) is 0 Å². The van der Waals surface area contributed by atoms with Crippen molar-refractivity contribution in [3.05, 3.63) is 42.1 Å². The SMILES string of the molecule is O=C(C=Cc1c[nH]c2ccccc12)NC(CO)C(=O)NC1CCCCCCCCCCC1. The van der Waals surface area contributed by atoms with Crippen LogP contribution in [0.3, 0.4) is 0 Å². The Balaban J connectivity index is 1.52. The summed E-state index contributed by atoms with van der Waals surface area (Å²) in [4.78, 5) is 28.3. The number of aliphatic hydroxyl groups is 1. The van der Waals surface area contributed by atoms with Crippen LogP contribution >= 0.6 is 0 Å². The van der Waals surface area contributed by atoms with E-state index < -0.39 is 18.6 Å². The van der Waals surface area contributed by atoms with E-state index in [-0.39, 0.29) is 11.9 Å². The molecule has 32 heavy (non-hydrogen) atoms. The predicted octanol–water partition coefficient (Wildman–Crippen LogP) is 4.45. The lowest BCUT2D eigenvalue weighted by Crippen LogP contribution is -2.51. The Bertz CT molecular complexity index is 877. The average Bonchev–Trinajstić information content (AvgIpc) is 3.21. The molecule has 6 heteroatoms. The number of amides is 2. The Morgan fingerprint density at radius 1 is 1.00 bits per heavy atom. The molecule has 3 rings (SSSR count). The molecule has 1 aliphatic rings. The van der Waals surface area contributed by atoms with Gasteiger partial charge in [0.25, 0.3) is 0 Å². The van der Waals surface area contributed by atoms with Gasteiger partial charge < -0.3 is 20.7 Å². The zero-order chi connectivity index (χ0) is 22.6. The summed E-state index contributed by atoms with van der Waals surface area (Å²) in [6.45, 7) is -0.425. The van der Waals surface area contributed by atoms with Crippen LogP contribution in [0.2, 0.25) is 0 Å². The van der Waals surface area contributed by atoms with E-state index in [9.17, 15) is 14.7 Å². The fourth-order valence-corrected chi connectivity index (χ4v) is 4.42. The van der Waals surface area contributed by atoms with Crippen LogP contribution in [0.15, 0.2) is 36.5 Å². The quantitative estimate of drug-likeness (QED) is 0.501. The minimum absolute atomic E-state index is 0.106. The molecule has 1 aliphatic carbocycles. The highest BCUT2D eigenvalue weighted by Gasteiger charge is 2.22. The molecule has 0 bridgehead atoms. The largest absolute Gasteiger partial charge is 0.394 e. The lowest BCUT2D eigenvalue weighted by atomic mass is 9.97. The van der Waals surface area contributed by atoms with Crippen molar-refractivity contribution in [1.29, 1.82) is 0 Å². The number of aliphatic hydroxyl groups excluding tert-OH is 1. The number of aromatic amines is 1. The molecule has 1 aromatic heterocycles. The van der Waals surface area contributed by atoms with Crippen molar-refractivity contribution in [2.45, 2.75) is 82.7 Å². The van der Waals surface area contributed by atoms with Crippen molar-refractivity contribution < 1.29 is 14.7 Å². The highest BCUT2D eigenvalue weighted by molar-refractivity contribution is 5.98. The summed E-state index contributed by atoms with van der Waals surface area (Å²) in [5.41, 5.74) is 1.89. The Morgan fingerprint density at radius 3 is 2.28 bits per heavy atom. The molecule has 174 valence electrons. The summed E-state index contributed by atoms with van der Waals surface area (Å²) in [6, 6.07) is 7.01. The van der Waals surface area contributed by atoms with E-state index in [0.29, 0.717) is 0 Å². The number of para-hydroxylation sites is 1. The summed E-state index contributed by atoms with van der Waals surface area (Å²) in [5, 5.41) is 16.5. The lowest BCUT2D eigenvalue weighted by Gasteiger charge is -2.23. The minimum atomic E-state index is -0.948. The van der Waals surface area contributed by atoms with Gasteiger partial charge in [0.2, 0.25) is 11.8 Å². The van der Waals surface area contributed by atoms with E-state index in [1.54, 1.807) is 6.08 Å². The molecule has 1 atom stereocenters. The zero-order valence-corrected chi connectivity index (χ0v) is 18.9. The first-order valence-electron chi connectivity index (χ1n) is 12.1. The number of carbonyl (C=O) groups excluding carboxylic acids is 2. The maximum Gasteiger partial charge on any atom is 0.245 e. The van der Waals surface area contributed by atoms with Crippen molar-refractivity contribution in [2.75, 3.05) is 6.61 Å². The molecular formula is C26H37N3O3. The molecule has 6 nitrogen and oxygen atoms in total. The summed E-state index contributed by atoms with van der Waals surface area (Å²) < 4.78 is 0. The molecule has 2 aromatic rings. The predicted molar refractivity (Wildman–Crippen MR) is 129 cm³/mol. The standard InChI is InChI=1S/C26H37N3O3/c30-19-24(26(32)28-21-12-8-6-4-2-1-3-5-7-9-13-21)29-25(31)17-16-20-18-27-23-15-11-10-14-22(20)23/h10-11,14-18,21,24,27,30H,1-9,12-13,19H2,(H,28,32)(H,29,31). The van der Waals surface area contributed by atoms with Crippen molar-refractivity contribution in [3.63, 3.8) is 0 Å². The zero-order valence-electron chi connectivity index (χ0n) is 18.9. The number of fused-ring (bicyclic) bond motifs is 1. The maximum absolute atomic E-state index is 12.7. The number of aromatic nitrogens is 1. The van der Waals surface area contributed by atoms with Gasteiger partial charge in [-0.1, -0.05) is 76.0 Å². The van der Waals surface area contributed by atoms with Crippen LogP contribution in [-0.4, -0.2) is 40.6 Å². The van der Waals surface area contributed by atoms with Crippen LogP contribution < -0.4 is 10.6 Å². The molecule has 0 radical (unpaired) electrons. The maximum atomic E-state index is 12.7. The number of hydrogen-bond donors (Lipinski definition) is 4. The summed E-state index contributed by atoms with van der Waals surface area (Å²) in [7, 11) is 0. The van der Waals surface area contributed by atoms with Crippen molar-refractivity contribution in [3.8, 4) is 0 Å². The summed E-state index contributed by atoms with van der Waals surface area (Å²) in [6.07, 6.45) is 18.0. The Kier molecular flexibility index (Phi) is 9.82. The third kappa shape index (κ3) is 7.52. The smallest absolute Gasteiger partial charge is 0.245 e. The van der Waals surface area contributed by atoms with Crippen LogP contribution in [0.5, 0.6) is 0 Å². The van der Waals surface area contributed by atoms with Gasteiger partial charge in [-0.25, -0.2) is 0 Å². The number of carbonyl (C=O) groups is 2. The van der Waals surface area contributed by atoms with Gasteiger partial charge in [-0.15, -0.1) is 0 Å². The van der Waals surface area contributed by atoms with E-state index in [1.165, 1.54) is 51.0 Å². The van der Waals surface area contributed by atoms with Gasteiger partial charge >= 0.3 is 0 Å². The number of hydrogen-bond acceptors (Lipinski definition) is 3. The van der Waals surface area contributed by atoms with Crippen LogP contribution in [0.1, 0.15) is 76.2 Å². The molecule has 1 fully saturated rings. The van der Waals surface area contributed by atoms with Crippen LogP contribution in [-0.2, 0) is 9.59 Å². The van der Waals surface area contributed by atoms with E-state index in [2.05, 4.69) is 15.6 Å². The second-order valence-corrected chi connectivity index (χ2v) is 8.83. The van der Waals surface area contributed by atoms with Gasteiger partial charge in [-0.05, 0) is 30.5 Å². The second-order valence-electron chi connectivity index (χ2n) is 8.83. The second kappa shape index (κ2) is 13.1. The van der Waals surface area contributed by atoms with Gasteiger partial charge in [0, 0.05) is 29.2 Å². The fraction of sp³-hybridized carbons (Fsp3) is 0.538. The third-order valence-electron chi connectivity index (χ3n) is 6.30. The fourth-order valence-electron chi connectivity index (χ4n) is 4.42. The van der Waals surface area contributed by atoms with Crippen molar-refractivity contribution >= 4 is 28.8 Å². The van der Waals surface area contributed by atoms with Gasteiger partial charge in [-0.3, -0.25) is 9.59 Å². The van der Waals surface area contributed by atoms with Gasteiger partial charge in [0.05, 0.1) is 6.61 Å². The highest BCUT2D eigenvalue weighted by Crippen LogP contribution is 2.19. The molecule has 1 aromatic carbocycles. The number of rotatable bonds is 6. The first kappa shape index (κ1) is 24.1. The van der Waals surface area contributed by atoms with Crippen LogP contribution in [0.25, 0.3) is 17.0 Å². The first-order chi connectivity index (χ1) is 15.7. The van der Waals surface area contributed by atoms with E-state index in [0.717, 1.165) is 42.1 Å². The summed E-state index contributed by atoms with van der Waals surface area (Å²) in [5.74, 6) is -0.707. The van der Waals surface area contributed by atoms with E-state index in [4.69, 9.17) is 0 Å². The number of nitrogens with one attached hydrogen (secondary N) is 3. The Hall–Kier alpha value is -2.60. The van der Waals surface area contributed by atoms with E-state index in [1.807, 2.05) is 30.5 Å². The third-order valence-corrected chi connectivity index (χ3v) is 6.30. The highest BCUT2D eigenvalue weighted by atomic mass is 16.3. The van der Waals surface area contributed by atoms with Gasteiger partial charge in [0.1, 0.15) is 6.04 Å². The topological polar surface area (TPSA) is 94.2 Å². The van der Waals surface area contributed by atoms with Crippen LogP contribution in [0, 0.1) is 0 Å². The number of H-pyrrole nitrogens is 1. The molecule has 1 heterocycles. The average molecular weight is 440 g/mol. The normalized spacial score (nSPS) is 18.0. The lowest BCUT2D eigenvalue weighted by molar-refractivity contribution is -0.128. The Labute approximate surface area is 190 Å². The molecule has 0 spiro atoms. The molecule has 4 N–H and O–H groups in total. The summed E-state index contributed by atoms with van der Waals surface area (Å²) >= 11 is 0. The van der Waals surface area contributed by atoms with Crippen molar-refractivity contribution in [1.82, 2.24) is 15.6 Å². The molecule has 1 saturated carbocycles. The number of benzene rings is 1. The molecule has 1 unspecified atom stereocenters. The molecule has 0 aliphatic heterocycles. The monoisotopic (exact) mass is 439 g/mol. The van der Waals surface area contributed by atoms with Crippen LogP contribution in [0.4, 0.5) is 0 Å². The Morgan fingerprint density at radius 2 is 1.62 bits per heavy atom. The van der Waals surface area contributed by atoms with E-state index >= 15 is 0 Å². The molecule has 2 amide bonds. The molecular weight excluding hydrogens is 402 g/mol. The van der Waals surface area contributed by atoms with Gasteiger partial charge in [-0.2, -0.15) is 0 Å². The molecule has 0 saturated heterocycles. The first-order valence-corrected chi connectivity index (χ1v) is 12.1. The van der Waals surface area contributed by atoms with Crippen molar-refractivity contribution in [2.24, 2.45) is 0 Å².